The predicted molar refractivity (Wildman–Crippen MR) is 242 cm³/mol. The van der Waals surface area contributed by atoms with Crippen LogP contribution in [0.3, 0.4) is 0 Å². The van der Waals surface area contributed by atoms with Crippen LogP contribution in [0.4, 0.5) is 5.69 Å². The maximum atomic E-state index is 4.48. The van der Waals surface area contributed by atoms with E-state index in [9.17, 15) is 0 Å². The van der Waals surface area contributed by atoms with Gasteiger partial charge in [0.2, 0.25) is 0 Å². The molecule has 3 aliphatic rings. The standard InChI is InChI=1S/C55H46N2/c1-4-22-51-53(42-24-17-19-38-56(45-29-12-7-13-30-45)37-18-16-23-40(2)41(3)39-42)47-32-20-35-50(47)57(51)52-36-21-34-49-54(52)46-31-14-15-33-48(46)55(49,43-25-8-5-9-26-43)44-27-10-6-11-28-44/h4-16,18-34,36-39H,2,17,35H2,1,3H3/b22-4-,23-16-,37-18-,38-19?,41-39+,42-24+. The topological polar surface area (TPSA) is 8.17 Å². The Hall–Kier alpha value is -6.90. The van der Waals surface area contributed by atoms with Crippen molar-refractivity contribution in [2.75, 3.05) is 4.90 Å². The SMILES string of the molecule is C=C1/C=C\C=C/N(c2ccccc2)C=CC/C=C(c2c3c(n(-c4cccc5c4-c4ccccc4C5(c4ccccc4)c4ccccc4)c2/C=C\C)CC=C3)\C=C\1C. The van der Waals surface area contributed by atoms with Crippen molar-refractivity contribution in [3.63, 3.8) is 0 Å². The van der Waals surface area contributed by atoms with E-state index in [0.717, 1.165) is 29.7 Å². The third-order valence-corrected chi connectivity index (χ3v) is 11.6. The van der Waals surface area contributed by atoms with E-state index in [1.807, 2.05) is 0 Å². The molecule has 2 aliphatic carbocycles. The second kappa shape index (κ2) is 15.3. The Morgan fingerprint density at radius 2 is 1.35 bits per heavy atom. The number of rotatable bonds is 6. The zero-order chi connectivity index (χ0) is 38.8. The minimum atomic E-state index is -0.472. The molecule has 57 heavy (non-hydrogen) atoms. The van der Waals surface area contributed by atoms with Crippen molar-refractivity contribution in [1.29, 1.82) is 0 Å². The fraction of sp³-hybridized carbons (Fsp3) is 0.0909. The van der Waals surface area contributed by atoms with Crippen LogP contribution in [0.15, 0.2) is 212 Å². The average molecular weight is 735 g/mol. The molecule has 0 fully saturated rings. The molecule has 1 aromatic heterocycles. The second-order valence-electron chi connectivity index (χ2n) is 14.9. The molecule has 9 rings (SSSR count). The van der Waals surface area contributed by atoms with Crippen molar-refractivity contribution < 1.29 is 0 Å². The molecule has 5 aromatic carbocycles. The lowest BCUT2D eigenvalue weighted by Gasteiger charge is -2.34. The van der Waals surface area contributed by atoms with Gasteiger partial charge < -0.3 is 9.47 Å². The molecule has 0 N–H and O–H groups in total. The molecule has 0 bridgehead atoms. The summed E-state index contributed by atoms with van der Waals surface area (Å²) in [4.78, 5) is 2.17. The molecule has 0 radical (unpaired) electrons. The number of hydrogen-bond donors (Lipinski definition) is 0. The van der Waals surface area contributed by atoms with Crippen LogP contribution in [0.5, 0.6) is 0 Å². The first-order valence-corrected chi connectivity index (χ1v) is 20.0. The van der Waals surface area contributed by atoms with Gasteiger partial charge in [-0.25, -0.2) is 0 Å². The quantitative estimate of drug-likeness (QED) is 0.165. The van der Waals surface area contributed by atoms with Gasteiger partial charge in [0, 0.05) is 46.9 Å². The molecule has 6 aromatic rings. The van der Waals surface area contributed by atoms with Gasteiger partial charge in [0.1, 0.15) is 0 Å². The van der Waals surface area contributed by atoms with Gasteiger partial charge in [0.15, 0.2) is 0 Å². The molecule has 1 aliphatic heterocycles. The lowest BCUT2D eigenvalue weighted by atomic mass is 9.68. The molecule has 0 saturated carbocycles. The molecule has 2 heterocycles. The van der Waals surface area contributed by atoms with Crippen LogP contribution >= 0.6 is 0 Å². The van der Waals surface area contributed by atoms with E-state index in [4.69, 9.17) is 0 Å². The van der Waals surface area contributed by atoms with Crippen molar-refractivity contribution in [2.24, 2.45) is 0 Å². The zero-order valence-corrected chi connectivity index (χ0v) is 32.6. The normalized spacial score (nSPS) is 18.7. The Kier molecular flexibility index (Phi) is 9.62. The molecule has 2 nitrogen and oxygen atoms in total. The minimum absolute atomic E-state index is 0.472. The number of fused-ring (bicyclic) bond motifs is 4. The minimum Gasteiger partial charge on any atom is -0.324 e. The van der Waals surface area contributed by atoms with Crippen molar-refractivity contribution >= 4 is 23.4 Å². The van der Waals surface area contributed by atoms with Gasteiger partial charge in [-0.2, -0.15) is 0 Å². The highest BCUT2D eigenvalue weighted by atomic mass is 15.1. The van der Waals surface area contributed by atoms with Gasteiger partial charge in [-0.1, -0.05) is 170 Å². The summed E-state index contributed by atoms with van der Waals surface area (Å²) in [5.74, 6) is 0. The highest BCUT2D eigenvalue weighted by Crippen LogP contribution is 2.58. The van der Waals surface area contributed by atoms with Crippen LogP contribution in [0, 0.1) is 0 Å². The largest absolute Gasteiger partial charge is 0.324 e. The molecule has 0 saturated heterocycles. The fourth-order valence-electron chi connectivity index (χ4n) is 9.08. The second-order valence-corrected chi connectivity index (χ2v) is 14.9. The van der Waals surface area contributed by atoms with E-state index in [1.165, 1.54) is 67.2 Å². The van der Waals surface area contributed by atoms with Crippen LogP contribution in [-0.4, -0.2) is 4.57 Å². The van der Waals surface area contributed by atoms with E-state index >= 15 is 0 Å². The van der Waals surface area contributed by atoms with Gasteiger partial charge >= 0.3 is 0 Å². The number of para-hydroxylation sites is 1. The van der Waals surface area contributed by atoms with Crippen molar-refractivity contribution in [3.05, 3.63) is 257 Å². The van der Waals surface area contributed by atoms with Crippen LogP contribution in [0.1, 0.15) is 65.0 Å². The Balaban J connectivity index is 1.28. The maximum absolute atomic E-state index is 4.48. The van der Waals surface area contributed by atoms with Crippen molar-refractivity contribution in [3.8, 4) is 16.8 Å². The van der Waals surface area contributed by atoms with Gasteiger partial charge in [-0.15, -0.1) is 0 Å². The first-order chi connectivity index (χ1) is 28.1. The highest BCUT2D eigenvalue weighted by Gasteiger charge is 2.47. The van der Waals surface area contributed by atoms with E-state index < -0.39 is 5.41 Å². The summed E-state index contributed by atoms with van der Waals surface area (Å²) < 4.78 is 2.56. The van der Waals surface area contributed by atoms with Crippen LogP contribution in [-0.2, 0) is 11.8 Å². The monoisotopic (exact) mass is 734 g/mol. The Labute approximate surface area is 337 Å². The zero-order valence-electron chi connectivity index (χ0n) is 32.6. The van der Waals surface area contributed by atoms with Gasteiger partial charge in [0.05, 0.1) is 16.8 Å². The summed E-state index contributed by atoms with van der Waals surface area (Å²) in [5, 5.41) is 0. The molecule has 0 atom stereocenters. The Bertz CT molecular complexity index is 2650. The van der Waals surface area contributed by atoms with Crippen molar-refractivity contribution in [2.45, 2.75) is 32.1 Å². The van der Waals surface area contributed by atoms with Gasteiger partial charge in [0.25, 0.3) is 0 Å². The number of hydrogen-bond acceptors (Lipinski definition) is 1. The molecule has 2 heteroatoms. The number of anilines is 1. The summed E-state index contributed by atoms with van der Waals surface area (Å²) >= 11 is 0. The number of allylic oxidation sites excluding steroid dienone is 11. The lowest BCUT2D eigenvalue weighted by molar-refractivity contribution is 0.767. The van der Waals surface area contributed by atoms with Crippen LogP contribution in [0.25, 0.3) is 34.5 Å². The molecule has 0 amide bonds. The predicted octanol–water partition coefficient (Wildman–Crippen LogP) is 13.8. The number of benzene rings is 5. The molecule has 0 unspecified atom stereocenters. The summed E-state index contributed by atoms with van der Waals surface area (Å²) in [6, 6.07) is 48.6. The van der Waals surface area contributed by atoms with Gasteiger partial charge in [-0.05, 0) is 95.2 Å². The smallest absolute Gasteiger partial charge is 0.0714 e. The number of aromatic nitrogens is 1. The van der Waals surface area contributed by atoms with E-state index in [0.29, 0.717) is 0 Å². The summed E-state index contributed by atoms with van der Waals surface area (Å²) in [5.41, 5.74) is 17.9. The number of nitrogens with zero attached hydrogens (tertiary/aromatic N) is 2. The van der Waals surface area contributed by atoms with E-state index in [-0.39, 0.29) is 0 Å². The summed E-state index contributed by atoms with van der Waals surface area (Å²) in [6.07, 6.45) is 28.2. The Morgan fingerprint density at radius 1 is 0.667 bits per heavy atom. The molecule has 0 spiro atoms. The molecule has 276 valence electrons. The molecular weight excluding hydrogens is 689 g/mol. The maximum Gasteiger partial charge on any atom is 0.0714 e. The van der Waals surface area contributed by atoms with E-state index in [2.05, 4.69) is 237 Å². The van der Waals surface area contributed by atoms with Crippen LogP contribution < -0.4 is 4.90 Å². The third-order valence-electron chi connectivity index (χ3n) is 11.6. The van der Waals surface area contributed by atoms with E-state index in [1.54, 1.807) is 0 Å². The summed E-state index contributed by atoms with van der Waals surface area (Å²) in [7, 11) is 0. The lowest BCUT2D eigenvalue weighted by Crippen LogP contribution is -2.28. The highest BCUT2D eigenvalue weighted by molar-refractivity contribution is 5.94. The van der Waals surface area contributed by atoms with Crippen LogP contribution in [0.2, 0.25) is 0 Å². The summed E-state index contributed by atoms with van der Waals surface area (Å²) in [6.45, 7) is 8.78. The third kappa shape index (κ3) is 6.15. The first kappa shape index (κ1) is 35.8. The first-order valence-electron chi connectivity index (χ1n) is 20.0. The van der Waals surface area contributed by atoms with Gasteiger partial charge in [-0.3, -0.25) is 0 Å². The molecular formula is C55H46N2. The van der Waals surface area contributed by atoms with Crippen molar-refractivity contribution in [1.82, 2.24) is 4.57 Å². The Morgan fingerprint density at radius 3 is 2.09 bits per heavy atom. The average Bonchev–Trinajstić information content (AvgIpc) is 3.93. The fourth-order valence-corrected chi connectivity index (χ4v) is 9.08.